The standard InChI is InChI=1S/C15H21NO3/c1-11-4-5-12-6-7-15(13(12)10-11,14(17)19-3)16-8-9-18-2/h4-5,10,16H,6-9H2,1-3H3. The molecular formula is C15H21NO3. The van der Waals surface area contributed by atoms with Gasteiger partial charge in [-0.3, -0.25) is 5.32 Å². The molecule has 1 aromatic rings. The molecule has 4 heteroatoms. The molecule has 0 radical (unpaired) electrons. The second-order valence-electron chi connectivity index (χ2n) is 4.98. The fourth-order valence-corrected chi connectivity index (χ4v) is 2.77. The van der Waals surface area contributed by atoms with Gasteiger partial charge in [-0.1, -0.05) is 23.8 Å². The van der Waals surface area contributed by atoms with Gasteiger partial charge in [-0.25, -0.2) is 4.79 Å². The molecule has 2 rings (SSSR count). The third-order valence-corrected chi connectivity index (χ3v) is 3.76. The van der Waals surface area contributed by atoms with Crippen LogP contribution in [0.15, 0.2) is 18.2 Å². The molecule has 1 aliphatic rings. The van der Waals surface area contributed by atoms with Crippen molar-refractivity contribution in [2.75, 3.05) is 27.4 Å². The first-order valence-corrected chi connectivity index (χ1v) is 6.56. The fourth-order valence-electron chi connectivity index (χ4n) is 2.77. The smallest absolute Gasteiger partial charge is 0.330 e. The molecule has 0 spiro atoms. The van der Waals surface area contributed by atoms with Gasteiger partial charge in [0, 0.05) is 13.7 Å². The van der Waals surface area contributed by atoms with Crippen LogP contribution in [0, 0.1) is 6.92 Å². The Balaban J connectivity index is 2.36. The van der Waals surface area contributed by atoms with E-state index >= 15 is 0 Å². The van der Waals surface area contributed by atoms with E-state index < -0.39 is 5.54 Å². The molecule has 0 fully saturated rings. The lowest BCUT2D eigenvalue weighted by molar-refractivity contribution is -0.149. The van der Waals surface area contributed by atoms with Gasteiger partial charge in [0.2, 0.25) is 0 Å². The predicted molar refractivity (Wildman–Crippen MR) is 73.1 cm³/mol. The zero-order valence-corrected chi connectivity index (χ0v) is 11.8. The van der Waals surface area contributed by atoms with E-state index in [4.69, 9.17) is 9.47 Å². The van der Waals surface area contributed by atoms with Crippen molar-refractivity contribution in [3.05, 3.63) is 34.9 Å². The topological polar surface area (TPSA) is 47.6 Å². The lowest BCUT2D eigenvalue weighted by atomic mass is 9.90. The summed E-state index contributed by atoms with van der Waals surface area (Å²) in [7, 11) is 3.09. The normalized spacial score (nSPS) is 21.2. The fraction of sp³-hybridized carbons (Fsp3) is 0.533. The van der Waals surface area contributed by atoms with Gasteiger partial charge in [0.15, 0.2) is 0 Å². The molecule has 19 heavy (non-hydrogen) atoms. The Hall–Kier alpha value is -1.39. The molecule has 0 heterocycles. The van der Waals surface area contributed by atoms with Gasteiger partial charge >= 0.3 is 5.97 Å². The predicted octanol–water partition coefficient (Wildman–Crippen LogP) is 1.55. The molecule has 1 aromatic carbocycles. The number of benzene rings is 1. The van der Waals surface area contributed by atoms with Crippen LogP contribution in [0.25, 0.3) is 0 Å². The number of esters is 1. The van der Waals surface area contributed by atoms with Gasteiger partial charge in [-0.05, 0) is 30.9 Å². The number of methoxy groups -OCH3 is 2. The van der Waals surface area contributed by atoms with E-state index in [9.17, 15) is 4.79 Å². The van der Waals surface area contributed by atoms with Gasteiger partial charge in [0.25, 0.3) is 0 Å². The number of nitrogens with one attached hydrogen (secondary N) is 1. The SMILES string of the molecule is COCCNC1(C(=O)OC)CCc2ccc(C)cc21. The Bertz CT molecular complexity index is 472. The van der Waals surface area contributed by atoms with Crippen LogP contribution in [0.3, 0.4) is 0 Å². The average Bonchev–Trinajstić information content (AvgIpc) is 2.78. The van der Waals surface area contributed by atoms with Crippen LogP contribution in [-0.4, -0.2) is 33.3 Å². The summed E-state index contributed by atoms with van der Waals surface area (Å²) in [5.74, 6) is -0.215. The van der Waals surface area contributed by atoms with Crippen molar-refractivity contribution in [2.45, 2.75) is 25.3 Å². The number of ether oxygens (including phenoxy) is 2. The van der Waals surface area contributed by atoms with E-state index in [0.717, 1.165) is 24.0 Å². The molecule has 104 valence electrons. The van der Waals surface area contributed by atoms with Gasteiger partial charge in [0.1, 0.15) is 5.54 Å². The third-order valence-electron chi connectivity index (χ3n) is 3.76. The van der Waals surface area contributed by atoms with Crippen molar-refractivity contribution < 1.29 is 14.3 Å². The molecule has 0 saturated carbocycles. The van der Waals surface area contributed by atoms with E-state index in [-0.39, 0.29) is 5.97 Å². The van der Waals surface area contributed by atoms with Crippen molar-refractivity contribution >= 4 is 5.97 Å². The maximum Gasteiger partial charge on any atom is 0.330 e. The van der Waals surface area contributed by atoms with Crippen molar-refractivity contribution in [3.63, 3.8) is 0 Å². The zero-order valence-electron chi connectivity index (χ0n) is 11.8. The van der Waals surface area contributed by atoms with E-state index in [2.05, 4.69) is 23.5 Å². The summed E-state index contributed by atoms with van der Waals surface area (Å²) in [5, 5.41) is 3.33. The molecule has 4 nitrogen and oxygen atoms in total. The van der Waals surface area contributed by atoms with Crippen LogP contribution < -0.4 is 5.32 Å². The number of aryl methyl sites for hydroxylation is 2. The minimum absolute atomic E-state index is 0.215. The first-order valence-electron chi connectivity index (χ1n) is 6.56. The molecule has 1 unspecified atom stereocenters. The van der Waals surface area contributed by atoms with Crippen LogP contribution >= 0.6 is 0 Å². The first kappa shape index (κ1) is 14.0. The zero-order chi connectivity index (χ0) is 13.9. The minimum atomic E-state index is -0.714. The van der Waals surface area contributed by atoms with E-state index in [1.807, 2.05) is 6.92 Å². The Kier molecular flexibility index (Phi) is 4.22. The Morgan fingerprint density at radius 1 is 1.42 bits per heavy atom. The van der Waals surface area contributed by atoms with E-state index in [1.54, 1.807) is 7.11 Å². The van der Waals surface area contributed by atoms with Crippen molar-refractivity contribution in [3.8, 4) is 0 Å². The highest BCUT2D eigenvalue weighted by Crippen LogP contribution is 2.38. The maximum atomic E-state index is 12.3. The third kappa shape index (κ3) is 2.51. The highest BCUT2D eigenvalue weighted by molar-refractivity contribution is 5.84. The summed E-state index contributed by atoms with van der Waals surface area (Å²) in [6.45, 7) is 3.23. The number of carbonyl (C=O) groups excluding carboxylic acids is 1. The van der Waals surface area contributed by atoms with Gasteiger partial charge in [0.05, 0.1) is 13.7 Å². The number of hydrogen-bond donors (Lipinski definition) is 1. The number of fused-ring (bicyclic) bond motifs is 1. The highest BCUT2D eigenvalue weighted by Gasteiger charge is 2.45. The monoisotopic (exact) mass is 263 g/mol. The number of carbonyl (C=O) groups is 1. The van der Waals surface area contributed by atoms with Crippen molar-refractivity contribution in [2.24, 2.45) is 0 Å². The quantitative estimate of drug-likeness (QED) is 0.647. The highest BCUT2D eigenvalue weighted by atomic mass is 16.5. The molecule has 1 atom stereocenters. The van der Waals surface area contributed by atoms with Crippen molar-refractivity contribution in [1.82, 2.24) is 5.32 Å². The second-order valence-corrected chi connectivity index (χ2v) is 4.98. The first-order chi connectivity index (χ1) is 9.14. The number of hydrogen-bond acceptors (Lipinski definition) is 4. The van der Waals surface area contributed by atoms with Crippen LogP contribution in [0.5, 0.6) is 0 Å². The summed E-state index contributed by atoms with van der Waals surface area (Å²) in [6, 6.07) is 6.27. The maximum absolute atomic E-state index is 12.3. The molecule has 0 aliphatic heterocycles. The Morgan fingerprint density at radius 3 is 2.89 bits per heavy atom. The Labute approximate surface area is 114 Å². The van der Waals surface area contributed by atoms with E-state index in [0.29, 0.717) is 13.2 Å². The van der Waals surface area contributed by atoms with Crippen LogP contribution in [0.2, 0.25) is 0 Å². The molecule has 0 saturated heterocycles. The summed E-state index contributed by atoms with van der Waals surface area (Å²) in [5.41, 5.74) is 2.72. The van der Waals surface area contributed by atoms with Gasteiger partial charge in [-0.2, -0.15) is 0 Å². The minimum Gasteiger partial charge on any atom is -0.467 e. The molecule has 0 bridgehead atoms. The van der Waals surface area contributed by atoms with Crippen LogP contribution in [0.4, 0.5) is 0 Å². The summed E-state index contributed by atoms with van der Waals surface area (Å²) in [4.78, 5) is 12.3. The summed E-state index contributed by atoms with van der Waals surface area (Å²) >= 11 is 0. The lowest BCUT2D eigenvalue weighted by Gasteiger charge is -2.29. The number of rotatable bonds is 5. The largest absolute Gasteiger partial charge is 0.467 e. The lowest BCUT2D eigenvalue weighted by Crippen LogP contribution is -2.49. The molecule has 0 aromatic heterocycles. The molecular weight excluding hydrogens is 242 g/mol. The summed E-state index contributed by atoms with van der Waals surface area (Å²) < 4.78 is 10.1. The molecule has 0 amide bonds. The van der Waals surface area contributed by atoms with Crippen molar-refractivity contribution in [1.29, 1.82) is 0 Å². The van der Waals surface area contributed by atoms with E-state index in [1.165, 1.54) is 12.7 Å². The van der Waals surface area contributed by atoms with Gasteiger partial charge in [-0.15, -0.1) is 0 Å². The average molecular weight is 263 g/mol. The van der Waals surface area contributed by atoms with Gasteiger partial charge < -0.3 is 9.47 Å². The molecule has 1 aliphatic carbocycles. The summed E-state index contributed by atoms with van der Waals surface area (Å²) in [6.07, 6.45) is 1.63. The van der Waals surface area contributed by atoms with Crippen LogP contribution in [-0.2, 0) is 26.2 Å². The Morgan fingerprint density at radius 2 is 2.21 bits per heavy atom. The molecule has 1 N–H and O–H groups in total. The second kappa shape index (κ2) is 5.72. The van der Waals surface area contributed by atoms with Crippen LogP contribution in [0.1, 0.15) is 23.1 Å².